The van der Waals surface area contributed by atoms with Gasteiger partial charge in [0.2, 0.25) is 0 Å². The van der Waals surface area contributed by atoms with Gasteiger partial charge < -0.3 is 20.1 Å². The monoisotopic (exact) mass is 463 g/mol. The van der Waals surface area contributed by atoms with Gasteiger partial charge in [-0.3, -0.25) is 14.9 Å². The van der Waals surface area contributed by atoms with E-state index >= 15 is 0 Å². The number of guanidine groups is 1. The second-order valence-corrected chi connectivity index (χ2v) is 5.68. The lowest BCUT2D eigenvalue weighted by Gasteiger charge is -2.31. The van der Waals surface area contributed by atoms with Gasteiger partial charge in [0.05, 0.1) is 32.5 Å². The van der Waals surface area contributed by atoms with Crippen molar-refractivity contribution in [3.63, 3.8) is 0 Å². The molecule has 1 unspecified atom stereocenters. The lowest BCUT2D eigenvalue weighted by molar-refractivity contribution is 0.0220. The van der Waals surface area contributed by atoms with Crippen LogP contribution in [0.15, 0.2) is 29.5 Å². The van der Waals surface area contributed by atoms with Crippen molar-refractivity contribution in [1.82, 2.24) is 20.5 Å². The largest absolute Gasteiger partial charge is 0.490 e. The van der Waals surface area contributed by atoms with Crippen LogP contribution >= 0.6 is 24.0 Å². The molecule has 2 heterocycles. The third kappa shape index (κ3) is 8.68. The summed E-state index contributed by atoms with van der Waals surface area (Å²) >= 11 is 0. The molecule has 7 nitrogen and oxygen atoms in total. The van der Waals surface area contributed by atoms with Crippen LogP contribution in [0.1, 0.15) is 13.8 Å². The van der Waals surface area contributed by atoms with Crippen molar-refractivity contribution in [2.24, 2.45) is 4.99 Å². The van der Waals surface area contributed by atoms with E-state index in [9.17, 15) is 0 Å². The molecular weight excluding hydrogens is 433 g/mol. The average molecular weight is 463 g/mol. The van der Waals surface area contributed by atoms with Crippen molar-refractivity contribution in [2.45, 2.75) is 19.9 Å². The molecule has 0 bridgehead atoms. The molecule has 25 heavy (non-hydrogen) atoms. The molecule has 1 fully saturated rings. The molecule has 1 aliphatic heterocycles. The number of halogens is 1. The Morgan fingerprint density at radius 3 is 2.88 bits per heavy atom. The van der Waals surface area contributed by atoms with E-state index in [4.69, 9.17) is 9.47 Å². The lowest BCUT2D eigenvalue weighted by Crippen LogP contribution is -2.44. The quantitative estimate of drug-likeness (QED) is 0.263. The fourth-order valence-electron chi connectivity index (χ4n) is 2.47. The van der Waals surface area contributed by atoms with Gasteiger partial charge in [-0.2, -0.15) is 0 Å². The van der Waals surface area contributed by atoms with Crippen LogP contribution < -0.4 is 15.4 Å². The molecular formula is C17H30IN5O2. The first kappa shape index (κ1) is 21.9. The highest BCUT2D eigenvalue weighted by molar-refractivity contribution is 14.0. The lowest BCUT2D eigenvalue weighted by atomic mass is 10.2. The summed E-state index contributed by atoms with van der Waals surface area (Å²) in [5, 5.41) is 6.57. The maximum atomic E-state index is 5.63. The number of rotatable bonds is 8. The number of nitrogens with zero attached hydrogens (tertiary/aromatic N) is 3. The van der Waals surface area contributed by atoms with Crippen LogP contribution in [-0.2, 0) is 4.74 Å². The molecule has 2 rings (SSSR count). The van der Waals surface area contributed by atoms with Crippen LogP contribution in [0, 0.1) is 0 Å². The SMILES string of the molecule is CCNC(=NCC(C)N1CCOCC1)NCCOc1cccnc1.I. The number of aromatic nitrogens is 1. The Labute approximate surface area is 167 Å². The first-order valence-corrected chi connectivity index (χ1v) is 8.66. The molecule has 2 N–H and O–H groups in total. The Morgan fingerprint density at radius 1 is 1.40 bits per heavy atom. The standard InChI is InChI=1S/C17H29N5O2.HI/c1-3-19-17(20-7-10-24-16-5-4-6-18-14-16)21-13-15(2)22-8-11-23-12-9-22;/h4-6,14-15H,3,7-13H2,1-2H3,(H2,19,20,21);1H. The number of aliphatic imine (C=N–C) groups is 1. The van der Waals surface area contributed by atoms with Crippen LogP contribution in [0.5, 0.6) is 5.75 Å². The number of pyridine rings is 1. The summed E-state index contributed by atoms with van der Waals surface area (Å²) in [6.07, 6.45) is 3.44. The van der Waals surface area contributed by atoms with E-state index < -0.39 is 0 Å². The van der Waals surface area contributed by atoms with Gasteiger partial charge in [-0.1, -0.05) is 0 Å². The van der Waals surface area contributed by atoms with Gasteiger partial charge >= 0.3 is 0 Å². The molecule has 1 saturated heterocycles. The summed E-state index contributed by atoms with van der Waals surface area (Å²) in [6.45, 7) is 10.7. The molecule has 0 saturated carbocycles. The zero-order chi connectivity index (χ0) is 17.0. The van der Waals surface area contributed by atoms with Crippen molar-refractivity contribution >= 4 is 29.9 Å². The molecule has 0 aromatic carbocycles. The molecule has 1 atom stereocenters. The average Bonchev–Trinajstić information content (AvgIpc) is 2.64. The first-order valence-electron chi connectivity index (χ1n) is 8.66. The Hall–Kier alpha value is -1.13. The molecule has 1 aromatic heterocycles. The zero-order valence-corrected chi connectivity index (χ0v) is 17.4. The summed E-state index contributed by atoms with van der Waals surface area (Å²) in [4.78, 5) is 11.1. The minimum absolute atomic E-state index is 0. The Bertz CT molecular complexity index is 483. The topological polar surface area (TPSA) is 71.0 Å². The smallest absolute Gasteiger partial charge is 0.191 e. The number of hydrogen-bond donors (Lipinski definition) is 2. The number of nitrogens with one attached hydrogen (secondary N) is 2. The fourth-order valence-corrected chi connectivity index (χ4v) is 2.47. The van der Waals surface area contributed by atoms with Gasteiger partial charge in [-0.25, -0.2) is 0 Å². The van der Waals surface area contributed by atoms with E-state index in [0.717, 1.165) is 51.1 Å². The van der Waals surface area contributed by atoms with E-state index in [1.54, 1.807) is 12.4 Å². The second kappa shape index (κ2) is 13.1. The van der Waals surface area contributed by atoms with Crippen LogP contribution in [0.4, 0.5) is 0 Å². The van der Waals surface area contributed by atoms with Crippen molar-refractivity contribution in [3.05, 3.63) is 24.5 Å². The van der Waals surface area contributed by atoms with E-state index in [1.165, 1.54) is 0 Å². The number of ether oxygens (including phenoxy) is 2. The number of hydrogen-bond acceptors (Lipinski definition) is 5. The summed E-state index contributed by atoms with van der Waals surface area (Å²) in [6, 6.07) is 4.17. The molecule has 1 aromatic rings. The molecule has 8 heteroatoms. The molecule has 1 aliphatic rings. The van der Waals surface area contributed by atoms with Crippen LogP contribution in [-0.4, -0.2) is 74.4 Å². The van der Waals surface area contributed by atoms with Crippen LogP contribution in [0.2, 0.25) is 0 Å². The van der Waals surface area contributed by atoms with Crippen molar-refractivity contribution in [2.75, 3.05) is 52.5 Å². The number of morpholine rings is 1. The maximum absolute atomic E-state index is 5.63. The van der Waals surface area contributed by atoms with Crippen molar-refractivity contribution in [3.8, 4) is 5.75 Å². The fraction of sp³-hybridized carbons (Fsp3) is 0.647. The third-order valence-electron chi connectivity index (χ3n) is 3.82. The Morgan fingerprint density at radius 2 is 2.20 bits per heavy atom. The van der Waals surface area contributed by atoms with E-state index in [2.05, 4.69) is 39.4 Å². The summed E-state index contributed by atoms with van der Waals surface area (Å²) < 4.78 is 11.0. The Balaban J connectivity index is 0.00000312. The normalized spacial score (nSPS) is 16.6. The van der Waals surface area contributed by atoms with Gasteiger partial charge in [0, 0.05) is 31.9 Å². The predicted octanol–water partition coefficient (Wildman–Crippen LogP) is 1.35. The molecule has 0 amide bonds. The van der Waals surface area contributed by atoms with Gasteiger partial charge in [0.15, 0.2) is 5.96 Å². The molecule has 142 valence electrons. The van der Waals surface area contributed by atoms with Crippen molar-refractivity contribution in [1.29, 1.82) is 0 Å². The van der Waals surface area contributed by atoms with Gasteiger partial charge in [0.1, 0.15) is 12.4 Å². The van der Waals surface area contributed by atoms with Crippen LogP contribution in [0.3, 0.4) is 0 Å². The van der Waals surface area contributed by atoms with Gasteiger partial charge in [-0.05, 0) is 26.0 Å². The van der Waals surface area contributed by atoms with E-state index in [-0.39, 0.29) is 24.0 Å². The molecule has 0 spiro atoms. The predicted molar refractivity (Wildman–Crippen MR) is 111 cm³/mol. The highest BCUT2D eigenvalue weighted by atomic mass is 127. The van der Waals surface area contributed by atoms with Crippen LogP contribution in [0.25, 0.3) is 0 Å². The maximum Gasteiger partial charge on any atom is 0.191 e. The Kier molecular flexibility index (Phi) is 11.5. The zero-order valence-electron chi connectivity index (χ0n) is 15.1. The summed E-state index contributed by atoms with van der Waals surface area (Å²) in [7, 11) is 0. The minimum atomic E-state index is 0. The van der Waals surface area contributed by atoms with Gasteiger partial charge in [0.25, 0.3) is 0 Å². The highest BCUT2D eigenvalue weighted by Gasteiger charge is 2.16. The summed E-state index contributed by atoms with van der Waals surface area (Å²) in [5.41, 5.74) is 0. The third-order valence-corrected chi connectivity index (χ3v) is 3.82. The minimum Gasteiger partial charge on any atom is -0.490 e. The second-order valence-electron chi connectivity index (χ2n) is 5.68. The van der Waals surface area contributed by atoms with Gasteiger partial charge in [-0.15, -0.1) is 24.0 Å². The molecule has 0 aliphatic carbocycles. The van der Waals surface area contributed by atoms with E-state index in [0.29, 0.717) is 19.2 Å². The highest BCUT2D eigenvalue weighted by Crippen LogP contribution is 2.05. The van der Waals surface area contributed by atoms with Crippen molar-refractivity contribution < 1.29 is 9.47 Å². The first-order chi connectivity index (χ1) is 11.8. The molecule has 0 radical (unpaired) electrons. The van der Waals surface area contributed by atoms with E-state index in [1.807, 2.05) is 12.1 Å². The summed E-state index contributed by atoms with van der Waals surface area (Å²) in [5.74, 6) is 1.61.